The highest BCUT2D eigenvalue weighted by atomic mass is 79.9. The number of fused-ring (bicyclic) bond motifs is 1. The van der Waals surface area contributed by atoms with E-state index < -0.39 is 0 Å². The van der Waals surface area contributed by atoms with Crippen molar-refractivity contribution in [1.82, 2.24) is 0 Å². The van der Waals surface area contributed by atoms with E-state index in [1.807, 2.05) is 0 Å². The molecule has 20 heavy (non-hydrogen) atoms. The number of thiophene rings is 1. The van der Waals surface area contributed by atoms with Crippen LogP contribution in [0.4, 0.5) is 0 Å². The molecule has 0 saturated heterocycles. The van der Waals surface area contributed by atoms with Gasteiger partial charge in [-0.3, -0.25) is 0 Å². The van der Waals surface area contributed by atoms with Gasteiger partial charge in [-0.15, -0.1) is 11.3 Å². The lowest BCUT2D eigenvalue weighted by Gasteiger charge is -2.12. The predicted molar refractivity (Wildman–Crippen MR) is 90.1 cm³/mol. The maximum atomic E-state index is 5.99. The van der Waals surface area contributed by atoms with Crippen LogP contribution in [0.15, 0.2) is 53.9 Å². The second-order valence-corrected chi connectivity index (χ2v) is 6.17. The fraction of sp³-hybridized carbons (Fsp3) is 0.176. The molecule has 102 valence electrons. The molecule has 0 radical (unpaired) electrons. The topological polar surface area (TPSA) is 9.23 Å². The second kappa shape index (κ2) is 6.42. The van der Waals surface area contributed by atoms with Crippen LogP contribution in [-0.4, -0.2) is 6.61 Å². The molecule has 0 N–H and O–H groups in total. The molecular weight excluding hydrogens is 332 g/mol. The van der Waals surface area contributed by atoms with E-state index in [1.54, 1.807) is 11.3 Å². The van der Waals surface area contributed by atoms with Crippen LogP contribution < -0.4 is 4.74 Å². The highest BCUT2D eigenvalue weighted by Gasteiger charge is 2.07. The zero-order chi connectivity index (χ0) is 13.8. The quantitative estimate of drug-likeness (QED) is 0.560. The van der Waals surface area contributed by atoms with Gasteiger partial charge in [0.15, 0.2) is 0 Å². The van der Waals surface area contributed by atoms with Crippen molar-refractivity contribution in [3.8, 4) is 5.75 Å². The first-order valence-corrected chi connectivity index (χ1v) is 8.60. The first kappa shape index (κ1) is 13.7. The predicted octanol–water partition coefficient (Wildman–Crippen LogP) is 5.42. The van der Waals surface area contributed by atoms with E-state index in [0.29, 0.717) is 0 Å². The Morgan fingerprint density at radius 1 is 1.00 bits per heavy atom. The van der Waals surface area contributed by atoms with Gasteiger partial charge >= 0.3 is 0 Å². The van der Waals surface area contributed by atoms with Crippen LogP contribution in [0.3, 0.4) is 0 Å². The largest absolute Gasteiger partial charge is 0.493 e. The fourth-order valence-electron chi connectivity index (χ4n) is 2.31. The van der Waals surface area contributed by atoms with Crippen molar-refractivity contribution in [3.05, 3.63) is 64.4 Å². The molecule has 0 spiro atoms. The van der Waals surface area contributed by atoms with Crippen LogP contribution in [0.1, 0.15) is 10.4 Å². The SMILES string of the molecule is BrCc1c(OCCc2cccs2)ccc2ccccc12. The summed E-state index contributed by atoms with van der Waals surface area (Å²) in [5.74, 6) is 0.983. The van der Waals surface area contributed by atoms with Gasteiger partial charge in [0, 0.05) is 22.2 Å². The molecule has 1 nitrogen and oxygen atoms in total. The summed E-state index contributed by atoms with van der Waals surface area (Å²) in [4.78, 5) is 1.37. The van der Waals surface area contributed by atoms with Gasteiger partial charge in [-0.1, -0.05) is 52.3 Å². The number of ether oxygens (including phenoxy) is 1. The zero-order valence-electron chi connectivity index (χ0n) is 11.0. The summed E-state index contributed by atoms with van der Waals surface area (Å²) in [6, 6.07) is 16.9. The molecule has 0 aliphatic heterocycles. The van der Waals surface area contributed by atoms with Crippen LogP contribution in [0.5, 0.6) is 5.75 Å². The summed E-state index contributed by atoms with van der Waals surface area (Å²) in [6.45, 7) is 0.721. The molecule has 0 atom stereocenters. The van der Waals surface area contributed by atoms with Gasteiger partial charge in [-0.05, 0) is 28.3 Å². The Kier molecular flexibility index (Phi) is 4.38. The van der Waals surface area contributed by atoms with Gasteiger partial charge < -0.3 is 4.74 Å². The summed E-state index contributed by atoms with van der Waals surface area (Å²) in [5.41, 5.74) is 1.23. The van der Waals surface area contributed by atoms with Crippen LogP contribution >= 0.6 is 27.3 Å². The van der Waals surface area contributed by atoms with Crippen LogP contribution in [0, 0.1) is 0 Å². The fourth-order valence-corrected chi connectivity index (χ4v) is 3.57. The van der Waals surface area contributed by atoms with Gasteiger partial charge in [-0.25, -0.2) is 0 Å². The van der Waals surface area contributed by atoms with Crippen molar-refractivity contribution in [2.24, 2.45) is 0 Å². The first-order chi connectivity index (χ1) is 9.88. The highest BCUT2D eigenvalue weighted by Crippen LogP contribution is 2.30. The molecule has 3 aromatic rings. The Morgan fingerprint density at radius 3 is 2.70 bits per heavy atom. The Hall–Kier alpha value is -1.32. The van der Waals surface area contributed by atoms with Crippen molar-refractivity contribution in [2.75, 3.05) is 6.61 Å². The van der Waals surface area contributed by atoms with E-state index >= 15 is 0 Å². The van der Waals surface area contributed by atoms with E-state index in [9.17, 15) is 0 Å². The van der Waals surface area contributed by atoms with Crippen molar-refractivity contribution in [1.29, 1.82) is 0 Å². The first-order valence-electron chi connectivity index (χ1n) is 6.60. The van der Waals surface area contributed by atoms with Crippen LogP contribution in [0.2, 0.25) is 0 Å². The van der Waals surface area contributed by atoms with Crippen molar-refractivity contribution >= 4 is 38.0 Å². The van der Waals surface area contributed by atoms with Crippen molar-refractivity contribution < 1.29 is 4.74 Å². The average molecular weight is 347 g/mol. The van der Waals surface area contributed by atoms with Crippen molar-refractivity contribution in [2.45, 2.75) is 11.8 Å². The lowest BCUT2D eigenvalue weighted by molar-refractivity contribution is 0.321. The molecule has 0 bridgehead atoms. The third-order valence-electron chi connectivity index (χ3n) is 3.32. The number of hydrogen-bond acceptors (Lipinski definition) is 2. The molecule has 0 fully saturated rings. The Morgan fingerprint density at radius 2 is 1.90 bits per heavy atom. The van der Waals surface area contributed by atoms with Gasteiger partial charge in [0.1, 0.15) is 5.75 Å². The highest BCUT2D eigenvalue weighted by molar-refractivity contribution is 9.08. The molecular formula is C17H15BrOS. The molecule has 1 aromatic heterocycles. The third-order valence-corrected chi connectivity index (χ3v) is 4.81. The summed E-state index contributed by atoms with van der Waals surface area (Å²) in [5, 5.41) is 5.43. The van der Waals surface area contributed by atoms with Gasteiger partial charge in [0.2, 0.25) is 0 Å². The minimum atomic E-state index is 0.721. The van der Waals surface area contributed by atoms with Crippen molar-refractivity contribution in [3.63, 3.8) is 0 Å². The summed E-state index contributed by atoms with van der Waals surface area (Å²) in [6.07, 6.45) is 0.965. The van der Waals surface area contributed by atoms with E-state index in [-0.39, 0.29) is 0 Å². The van der Waals surface area contributed by atoms with E-state index in [4.69, 9.17) is 4.74 Å². The normalized spacial score (nSPS) is 10.8. The minimum absolute atomic E-state index is 0.721. The molecule has 2 aromatic carbocycles. The molecule has 0 saturated carbocycles. The van der Waals surface area contributed by atoms with Gasteiger partial charge in [0.05, 0.1) is 6.61 Å². The maximum Gasteiger partial charge on any atom is 0.123 e. The standard InChI is InChI=1S/C17H15BrOS/c18-12-16-15-6-2-1-4-13(15)7-8-17(16)19-10-9-14-5-3-11-20-14/h1-8,11H,9-10,12H2. The molecule has 0 aliphatic rings. The van der Waals surface area contributed by atoms with Crippen LogP contribution in [-0.2, 0) is 11.8 Å². The molecule has 0 aliphatic carbocycles. The number of benzene rings is 2. The third kappa shape index (κ3) is 2.89. The molecule has 0 amide bonds. The zero-order valence-corrected chi connectivity index (χ0v) is 13.4. The van der Waals surface area contributed by atoms with E-state index in [1.165, 1.54) is 21.2 Å². The smallest absolute Gasteiger partial charge is 0.123 e. The number of rotatable bonds is 5. The molecule has 3 heteroatoms. The molecule has 0 unspecified atom stereocenters. The number of hydrogen-bond donors (Lipinski definition) is 0. The molecule has 3 rings (SSSR count). The van der Waals surface area contributed by atoms with E-state index in [2.05, 4.69) is 69.8 Å². The van der Waals surface area contributed by atoms with Gasteiger partial charge in [0.25, 0.3) is 0 Å². The van der Waals surface area contributed by atoms with Gasteiger partial charge in [-0.2, -0.15) is 0 Å². The Bertz CT molecular complexity index is 691. The van der Waals surface area contributed by atoms with Crippen LogP contribution in [0.25, 0.3) is 10.8 Å². The summed E-state index contributed by atoms with van der Waals surface area (Å²) >= 11 is 5.36. The average Bonchev–Trinajstić information content (AvgIpc) is 3.00. The summed E-state index contributed by atoms with van der Waals surface area (Å²) < 4.78 is 5.99. The molecule has 1 heterocycles. The summed E-state index contributed by atoms with van der Waals surface area (Å²) in [7, 11) is 0. The Balaban J connectivity index is 1.80. The second-order valence-electron chi connectivity index (χ2n) is 4.57. The number of alkyl halides is 1. The lowest BCUT2D eigenvalue weighted by atomic mass is 10.0. The van der Waals surface area contributed by atoms with E-state index in [0.717, 1.165) is 24.1 Å². The minimum Gasteiger partial charge on any atom is -0.493 e. The lowest BCUT2D eigenvalue weighted by Crippen LogP contribution is -2.02. The maximum absolute atomic E-state index is 5.99. The Labute approximate surface area is 131 Å². The number of halogens is 1. The monoisotopic (exact) mass is 346 g/mol.